The number of rotatable bonds is 4. The summed E-state index contributed by atoms with van der Waals surface area (Å²) in [7, 11) is 0. The fraction of sp³-hybridized carbons (Fsp3) is 0.812. The second-order valence-electron chi connectivity index (χ2n) is 7.17. The zero-order valence-electron chi connectivity index (χ0n) is 13.3. The van der Waals surface area contributed by atoms with Gasteiger partial charge >= 0.3 is 0 Å². The fourth-order valence-electron chi connectivity index (χ4n) is 4.08. The Morgan fingerprint density at radius 1 is 1.35 bits per heavy atom. The molecule has 0 aromatic carbocycles. The zero-order valence-corrected chi connectivity index (χ0v) is 14.2. The number of carbonyl (C=O) groups excluding carboxylic acids is 1. The van der Waals surface area contributed by atoms with E-state index in [9.17, 15) is 4.79 Å². The number of aromatic nitrogens is 2. The molecule has 1 aliphatic heterocycles. The average Bonchev–Trinajstić information content (AvgIpc) is 2.87. The molecule has 2 atom stereocenters. The average molecular weight is 341 g/mol. The summed E-state index contributed by atoms with van der Waals surface area (Å²) in [5, 5.41) is 10.5. The second kappa shape index (κ2) is 6.77. The molecule has 2 unspecified atom stereocenters. The second-order valence-corrected chi connectivity index (χ2v) is 7.17. The minimum absolute atomic E-state index is 0. The highest BCUT2D eigenvalue weighted by Crippen LogP contribution is 2.62. The van der Waals surface area contributed by atoms with Crippen molar-refractivity contribution in [2.24, 2.45) is 5.41 Å². The Morgan fingerprint density at radius 2 is 2.17 bits per heavy atom. The lowest BCUT2D eigenvalue weighted by atomic mass is 9.95. The molecule has 2 aliphatic carbocycles. The molecule has 3 fully saturated rings. The van der Waals surface area contributed by atoms with Gasteiger partial charge in [-0.1, -0.05) is 24.4 Å². The number of carbonyl (C=O) groups is 1. The van der Waals surface area contributed by atoms with Gasteiger partial charge in [0.25, 0.3) is 0 Å². The van der Waals surface area contributed by atoms with Crippen LogP contribution in [0.25, 0.3) is 0 Å². The van der Waals surface area contributed by atoms with E-state index in [4.69, 9.17) is 4.52 Å². The number of hydrogen-bond donors (Lipinski definition) is 2. The van der Waals surface area contributed by atoms with Gasteiger partial charge in [-0.05, 0) is 37.6 Å². The normalized spacial score (nSPS) is 30.2. The third kappa shape index (κ3) is 3.53. The highest BCUT2D eigenvalue weighted by atomic mass is 35.5. The van der Waals surface area contributed by atoms with E-state index in [2.05, 4.69) is 20.8 Å². The van der Waals surface area contributed by atoms with Gasteiger partial charge < -0.3 is 15.2 Å². The molecule has 1 amide bonds. The first-order chi connectivity index (χ1) is 10.8. The fourth-order valence-corrected chi connectivity index (χ4v) is 4.08. The highest BCUT2D eigenvalue weighted by molar-refractivity contribution is 5.85. The summed E-state index contributed by atoms with van der Waals surface area (Å²) in [6, 6.07) is 0.337. The molecule has 7 heteroatoms. The summed E-state index contributed by atoms with van der Waals surface area (Å²) < 4.78 is 5.40. The van der Waals surface area contributed by atoms with Crippen LogP contribution >= 0.6 is 12.4 Å². The molecule has 3 aliphatic rings. The van der Waals surface area contributed by atoms with E-state index in [1.165, 1.54) is 25.7 Å². The van der Waals surface area contributed by atoms with Crippen LogP contribution in [-0.2, 0) is 11.2 Å². The first-order valence-corrected chi connectivity index (χ1v) is 8.58. The van der Waals surface area contributed by atoms with Crippen LogP contribution in [0.1, 0.15) is 62.6 Å². The SMILES string of the molecule is Cl.O=C(Cc1noc(C2CC23CCNC3)n1)NC1CCCCC1. The van der Waals surface area contributed by atoms with Crippen molar-refractivity contribution in [3.05, 3.63) is 11.7 Å². The maximum absolute atomic E-state index is 12.1. The van der Waals surface area contributed by atoms with Gasteiger partial charge in [0.1, 0.15) is 0 Å². The maximum atomic E-state index is 12.1. The largest absolute Gasteiger partial charge is 0.353 e. The Bertz CT molecular complexity index is 550. The number of nitrogens with zero attached hydrogens (tertiary/aromatic N) is 2. The molecule has 6 nitrogen and oxygen atoms in total. The molecular weight excluding hydrogens is 316 g/mol. The lowest BCUT2D eigenvalue weighted by Gasteiger charge is -2.22. The van der Waals surface area contributed by atoms with Gasteiger partial charge in [0, 0.05) is 18.5 Å². The molecule has 128 valence electrons. The zero-order chi connectivity index (χ0) is 15.0. The summed E-state index contributed by atoms with van der Waals surface area (Å²) in [6.45, 7) is 2.14. The van der Waals surface area contributed by atoms with E-state index in [0.717, 1.165) is 38.2 Å². The molecule has 2 N–H and O–H groups in total. The van der Waals surface area contributed by atoms with Crippen molar-refractivity contribution in [3.63, 3.8) is 0 Å². The maximum Gasteiger partial charge on any atom is 0.230 e. The summed E-state index contributed by atoms with van der Waals surface area (Å²) in [4.78, 5) is 16.5. The van der Waals surface area contributed by atoms with E-state index < -0.39 is 0 Å². The molecule has 23 heavy (non-hydrogen) atoms. The molecule has 1 spiro atoms. The van der Waals surface area contributed by atoms with Crippen molar-refractivity contribution in [2.75, 3.05) is 13.1 Å². The van der Waals surface area contributed by atoms with Crippen molar-refractivity contribution >= 4 is 18.3 Å². The van der Waals surface area contributed by atoms with E-state index >= 15 is 0 Å². The number of amides is 1. The van der Waals surface area contributed by atoms with Crippen LogP contribution in [0.15, 0.2) is 4.52 Å². The third-order valence-electron chi connectivity index (χ3n) is 5.54. The summed E-state index contributed by atoms with van der Waals surface area (Å²) in [6.07, 6.45) is 8.48. The highest BCUT2D eigenvalue weighted by Gasteiger charge is 2.58. The quantitative estimate of drug-likeness (QED) is 0.875. The van der Waals surface area contributed by atoms with Crippen LogP contribution in [0.5, 0.6) is 0 Å². The molecule has 0 radical (unpaired) electrons. The Hall–Kier alpha value is -1.14. The predicted octanol–water partition coefficient (Wildman–Crippen LogP) is 1.95. The Kier molecular flexibility index (Phi) is 4.92. The van der Waals surface area contributed by atoms with Crippen LogP contribution in [-0.4, -0.2) is 35.2 Å². The van der Waals surface area contributed by atoms with Crippen molar-refractivity contribution in [1.29, 1.82) is 0 Å². The molecule has 1 aromatic heterocycles. The van der Waals surface area contributed by atoms with E-state index in [0.29, 0.717) is 23.2 Å². The van der Waals surface area contributed by atoms with Crippen molar-refractivity contribution in [3.8, 4) is 0 Å². The van der Waals surface area contributed by atoms with Gasteiger partial charge in [-0.15, -0.1) is 12.4 Å². The molecule has 1 aromatic rings. The van der Waals surface area contributed by atoms with Gasteiger partial charge in [-0.3, -0.25) is 4.79 Å². The molecule has 4 rings (SSSR count). The van der Waals surface area contributed by atoms with Gasteiger partial charge in [0.05, 0.1) is 6.42 Å². The van der Waals surface area contributed by atoms with Gasteiger partial charge in [0.2, 0.25) is 11.8 Å². The van der Waals surface area contributed by atoms with Crippen LogP contribution in [0, 0.1) is 5.41 Å². The first-order valence-electron chi connectivity index (χ1n) is 8.58. The molecule has 2 heterocycles. The number of nitrogens with one attached hydrogen (secondary N) is 2. The van der Waals surface area contributed by atoms with Crippen LogP contribution in [0.3, 0.4) is 0 Å². The van der Waals surface area contributed by atoms with Gasteiger partial charge in [-0.25, -0.2) is 0 Å². The minimum Gasteiger partial charge on any atom is -0.353 e. The predicted molar refractivity (Wildman–Crippen MR) is 87.5 cm³/mol. The lowest BCUT2D eigenvalue weighted by Crippen LogP contribution is -2.37. The standard InChI is InChI=1S/C16H24N4O2.ClH/c21-14(18-11-4-2-1-3-5-11)8-13-19-15(22-20-13)12-9-16(12)6-7-17-10-16;/h11-12,17H,1-10H2,(H,18,21);1H. The van der Waals surface area contributed by atoms with E-state index in [1.807, 2.05) is 0 Å². The summed E-state index contributed by atoms with van der Waals surface area (Å²) in [5.41, 5.74) is 0.355. The van der Waals surface area contributed by atoms with E-state index in [1.54, 1.807) is 0 Å². The number of hydrogen-bond acceptors (Lipinski definition) is 5. The van der Waals surface area contributed by atoms with Crippen molar-refractivity contribution in [1.82, 2.24) is 20.8 Å². The third-order valence-corrected chi connectivity index (χ3v) is 5.54. The smallest absolute Gasteiger partial charge is 0.230 e. The first kappa shape index (κ1) is 16.7. The molecule has 2 saturated carbocycles. The Morgan fingerprint density at radius 3 is 2.91 bits per heavy atom. The van der Waals surface area contributed by atoms with Crippen LogP contribution in [0.4, 0.5) is 0 Å². The van der Waals surface area contributed by atoms with Crippen LogP contribution < -0.4 is 10.6 Å². The van der Waals surface area contributed by atoms with Crippen molar-refractivity contribution in [2.45, 2.75) is 63.3 Å². The van der Waals surface area contributed by atoms with Crippen molar-refractivity contribution < 1.29 is 9.32 Å². The van der Waals surface area contributed by atoms with E-state index in [-0.39, 0.29) is 24.7 Å². The monoisotopic (exact) mass is 340 g/mol. The summed E-state index contributed by atoms with van der Waals surface area (Å²) >= 11 is 0. The summed E-state index contributed by atoms with van der Waals surface area (Å²) in [5.74, 6) is 1.66. The van der Waals surface area contributed by atoms with Gasteiger partial charge in [0.15, 0.2) is 5.82 Å². The van der Waals surface area contributed by atoms with Crippen LogP contribution in [0.2, 0.25) is 0 Å². The Labute approximate surface area is 142 Å². The Balaban J connectivity index is 0.00000156. The lowest BCUT2D eigenvalue weighted by molar-refractivity contribution is -0.121. The topological polar surface area (TPSA) is 80.1 Å². The number of halogens is 1. The molecule has 0 bridgehead atoms. The minimum atomic E-state index is 0. The van der Waals surface area contributed by atoms with Gasteiger partial charge in [-0.2, -0.15) is 4.98 Å². The molecular formula is C16H25ClN4O2. The molecule has 1 saturated heterocycles.